The van der Waals surface area contributed by atoms with E-state index in [9.17, 15) is 9.59 Å². The summed E-state index contributed by atoms with van der Waals surface area (Å²) in [6, 6.07) is 6.84. The molecule has 0 spiro atoms. The Kier molecular flexibility index (Phi) is 8.61. The van der Waals surface area contributed by atoms with Crippen molar-refractivity contribution >= 4 is 23.5 Å². The van der Waals surface area contributed by atoms with Gasteiger partial charge in [0.1, 0.15) is 5.75 Å². The van der Waals surface area contributed by atoms with Crippen LogP contribution >= 0.6 is 11.6 Å². The number of halogens is 1. The maximum absolute atomic E-state index is 12.5. The van der Waals surface area contributed by atoms with Crippen LogP contribution in [-0.4, -0.2) is 43.6 Å². The van der Waals surface area contributed by atoms with Crippen LogP contribution in [0.2, 0.25) is 5.02 Å². The summed E-state index contributed by atoms with van der Waals surface area (Å²) in [6.45, 7) is 6.77. The summed E-state index contributed by atoms with van der Waals surface area (Å²) in [5.41, 5.74) is 0. The number of amides is 1. The molecule has 0 aliphatic heterocycles. The molecule has 0 fully saturated rings. The van der Waals surface area contributed by atoms with Gasteiger partial charge in [-0.05, 0) is 36.6 Å². The van der Waals surface area contributed by atoms with Crippen LogP contribution in [0.3, 0.4) is 0 Å². The second-order valence-electron chi connectivity index (χ2n) is 6.19. The lowest BCUT2D eigenvalue weighted by atomic mass is 10.1. The van der Waals surface area contributed by atoms with E-state index in [1.54, 1.807) is 36.1 Å². The summed E-state index contributed by atoms with van der Waals surface area (Å²) >= 11 is 5.82. The molecular formula is C18H26ClNO4. The van der Waals surface area contributed by atoms with Crippen LogP contribution in [-0.2, 0) is 14.3 Å². The van der Waals surface area contributed by atoms with Crippen molar-refractivity contribution in [2.24, 2.45) is 11.8 Å². The summed E-state index contributed by atoms with van der Waals surface area (Å²) < 4.78 is 10.3. The Morgan fingerprint density at radius 2 is 1.79 bits per heavy atom. The van der Waals surface area contributed by atoms with E-state index in [2.05, 4.69) is 13.8 Å². The van der Waals surface area contributed by atoms with Gasteiger partial charge in [0.05, 0.1) is 13.0 Å². The summed E-state index contributed by atoms with van der Waals surface area (Å²) in [7, 11) is 1.35. The Labute approximate surface area is 148 Å². The van der Waals surface area contributed by atoms with Crippen LogP contribution in [0.15, 0.2) is 24.3 Å². The number of hydrogen-bond donors (Lipinski definition) is 0. The third-order valence-electron chi connectivity index (χ3n) is 3.60. The molecule has 134 valence electrons. The second kappa shape index (κ2) is 10.2. The average Bonchev–Trinajstić information content (AvgIpc) is 2.56. The average molecular weight is 356 g/mol. The number of rotatable bonds is 9. The molecule has 0 N–H and O–H groups in total. The van der Waals surface area contributed by atoms with Gasteiger partial charge >= 0.3 is 5.97 Å². The molecule has 1 atom stereocenters. The molecule has 24 heavy (non-hydrogen) atoms. The van der Waals surface area contributed by atoms with E-state index in [1.807, 2.05) is 0 Å². The van der Waals surface area contributed by atoms with E-state index < -0.39 is 0 Å². The molecule has 0 aliphatic carbocycles. The van der Waals surface area contributed by atoms with Gasteiger partial charge in [-0.1, -0.05) is 32.4 Å². The van der Waals surface area contributed by atoms with Gasteiger partial charge in [0.15, 0.2) is 6.61 Å². The predicted molar refractivity (Wildman–Crippen MR) is 94.2 cm³/mol. The molecule has 1 rings (SSSR count). The third kappa shape index (κ3) is 7.21. The Morgan fingerprint density at radius 1 is 1.17 bits per heavy atom. The van der Waals surface area contributed by atoms with Gasteiger partial charge in [-0.3, -0.25) is 9.59 Å². The zero-order valence-electron chi connectivity index (χ0n) is 14.8. The van der Waals surface area contributed by atoms with Crippen molar-refractivity contribution in [2.45, 2.75) is 27.2 Å². The number of methoxy groups -OCH3 is 1. The normalized spacial score (nSPS) is 11.9. The van der Waals surface area contributed by atoms with Crippen molar-refractivity contribution in [3.63, 3.8) is 0 Å². The van der Waals surface area contributed by atoms with Crippen LogP contribution in [0.25, 0.3) is 0 Å². The van der Waals surface area contributed by atoms with Gasteiger partial charge in [0.25, 0.3) is 5.91 Å². The Morgan fingerprint density at radius 3 is 2.33 bits per heavy atom. The Bertz CT molecular complexity index is 530. The largest absolute Gasteiger partial charge is 0.484 e. The van der Waals surface area contributed by atoms with E-state index in [4.69, 9.17) is 21.1 Å². The van der Waals surface area contributed by atoms with Gasteiger partial charge in [-0.25, -0.2) is 0 Å². The lowest BCUT2D eigenvalue weighted by Crippen LogP contribution is -2.40. The van der Waals surface area contributed by atoms with Crippen molar-refractivity contribution in [1.29, 1.82) is 0 Å². The summed E-state index contributed by atoms with van der Waals surface area (Å²) in [5, 5.41) is 0.610. The Hall–Kier alpha value is -1.75. The molecule has 1 unspecified atom stereocenters. The molecular weight excluding hydrogens is 330 g/mol. The smallest absolute Gasteiger partial charge is 0.310 e. The molecule has 0 radical (unpaired) electrons. The number of nitrogens with zero attached hydrogens (tertiary/aromatic N) is 1. The van der Waals surface area contributed by atoms with Crippen molar-refractivity contribution in [2.75, 3.05) is 26.8 Å². The quantitative estimate of drug-likeness (QED) is 0.637. The number of esters is 1. The van der Waals surface area contributed by atoms with Crippen molar-refractivity contribution in [1.82, 2.24) is 4.90 Å². The molecule has 5 nitrogen and oxygen atoms in total. The number of ether oxygens (including phenoxy) is 2. The first kappa shape index (κ1) is 20.3. The summed E-state index contributed by atoms with van der Waals surface area (Å²) in [6.07, 6.45) is 0.862. The van der Waals surface area contributed by atoms with E-state index >= 15 is 0 Å². The first-order valence-corrected chi connectivity index (χ1v) is 8.45. The summed E-state index contributed by atoms with van der Waals surface area (Å²) in [4.78, 5) is 25.7. The molecule has 0 heterocycles. The van der Waals surface area contributed by atoms with Gasteiger partial charge in [0, 0.05) is 18.1 Å². The topological polar surface area (TPSA) is 55.8 Å². The van der Waals surface area contributed by atoms with E-state index in [-0.39, 0.29) is 24.4 Å². The van der Waals surface area contributed by atoms with Crippen molar-refractivity contribution < 1.29 is 19.1 Å². The number of carbonyl (C=O) groups excluding carboxylic acids is 2. The monoisotopic (exact) mass is 355 g/mol. The molecule has 6 heteroatoms. The molecule has 0 aliphatic rings. The van der Waals surface area contributed by atoms with E-state index in [0.29, 0.717) is 29.8 Å². The minimum atomic E-state index is -0.373. The minimum absolute atomic E-state index is 0.0758. The number of carbonyl (C=O) groups is 2. The molecule has 1 aromatic carbocycles. The molecule has 0 aromatic heterocycles. The highest BCUT2D eigenvalue weighted by Crippen LogP contribution is 2.16. The van der Waals surface area contributed by atoms with Gasteiger partial charge in [-0.2, -0.15) is 0 Å². The SMILES string of the molecule is COC(=O)C(C)CN(CCC(C)C)C(=O)COc1ccc(Cl)cc1. The predicted octanol–water partition coefficient (Wildman–Crippen LogP) is 3.40. The highest BCUT2D eigenvalue weighted by Gasteiger charge is 2.22. The number of hydrogen-bond acceptors (Lipinski definition) is 4. The lowest BCUT2D eigenvalue weighted by Gasteiger charge is -2.26. The molecule has 1 amide bonds. The maximum Gasteiger partial charge on any atom is 0.310 e. The molecule has 1 aromatic rings. The fourth-order valence-corrected chi connectivity index (χ4v) is 2.23. The first-order chi connectivity index (χ1) is 11.3. The number of benzene rings is 1. The first-order valence-electron chi connectivity index (χ1n) is 8.07. The van der Waals surface area contributed by atoms with Gasteiger partial charge in [0.2, 0.25) is 0 Å². The fourth-order valence-electron chi connectivity index (χ4n) is 2.11. The summed E-state index contributed by atoms with van der Waals surface area (Å²) in [5.74, 6) is 0.197. The molecule has 0 saturated carbocycles. The lowest BCUT2D eigenvalue weighted by molar-refractivity contribution is -0.146. The van der Waals surface area contributed by atoms with Crippen molar-refractivity contribution in [3.8, 4) is 5.75 Å². The Balaban J connectivity index is 2.64. The third-order valence-corrected chi connectivity index (χ3v) is 3.85. The highest BCUT2D eigenvalue weighted by atomic mass is 35.5. The van der Waals surface area contributed by atoms with Crippen LogP contribution in [0.1, 0.15) is 27.2 Å². The second-order valence-corrected chi connectivity index (χ2v) is 6.63. The van der Waals surface area contributed by atoms with Crippen LogP contribution in [0.4, 0.5) is 0 Å². The van der Waals surface area contributed by atoms with Crippen LogP contribution in [0.5, 0.6) is 5.75 Å². The zero-order valence-corrected chi connectivity index (χ0v) is 15.5. The standard InChI is InChI=1S/C18H26ClNO4/c1-13(2)9-10-20(11-14(3)18(22)23-4)17(21)12-24-16-7-5-15(19)6-8-16/h5-8,13-14H,9-12H2,1-4H3. The fraction of sp³-hybridized carbons (Fsp3) is 0.556. The molecule has 0 bridgehead atoms. The highest BCUT2D eigenvalue weighted by molar-refractivity contribution is 6.30. The van der Waals surface area contributed by atoms with Crippen molar-refractivity contribution in [3.05, 3.63) is 29.3 Å². The van der Waals surface area contributed by atoms with E-state index in [0.717, 1.165) is 6.42 Å². The zero-order chi connectivity index (χ0) is 18.1. The minimum Gasteiger partial charge on any atom is -0.484 e. The van der Waals surface area contributed by atoms with E-state index in [1.165, 1.54) is 7.11 Å². The maximum atomic E-state index is 12.5. The van der Waals surface area contributed by atoms with Gasteiger partial charge < -0.3 is 14.4 Å². The van der Waals surface area contributed by atoms with Crippen LogP contribution in [0, 0.1) is 11.8 Å². The molecule has 0 saturated heterocycles. The van der Waals surface area contributed by atoms with Crippen LogP contribution < -0.4 is 4.74 Å². The van der Waals surface area contributed by atoms with Gasteiger partial charge in [-0.15, -0.1) is 0 Å².